The van der Waals surface area contributed by atoms with Crippen molar-refractivity contribution in [2.75, 3.05) is 5.32 Å². The van der Waals surface area contributed by atoms with Gasteiger partial charge in [0, 0.05) is 16.6 Å². The van der Waals surface area contributed by atoms with Crippen molar-refractivity contribution in [2.45, 2.75) is 13.8 Å². The molecule has 0 fully saturated rings. The molecule has 0 saturated heterocycles. The van der Waals surface area contributed by atoms with Crippen LogP contribution in [0.2, 0.25) is 0 Å². The van der Waals surface area contributed by atoms with Crippen LogP contribution < -0.4 is 27.9 Å². The number of hydrogen-bond acceptors (Lipinski definition) is 6. The zero-order valence-electron chi connectivity index (χ0n) is 17.8. The van der Waals surface area contributed by atoms with E-state index in [1.165, 1.54) is 0 Å². The van der Waals surface area contributed by atoms with E-state index in [1.54, 1.807) is 25.1 Å². The zero-order chi connectivity index (χ0) is 23.3. The van der Waals surface area contributed by atoms with Crippen LogP contribution in [-0.4, -0.2) is 28.3 Å². The summed E-state index contributed by atoms with van der Waals surface area (Å²) in [5, 5.41) is 15.6. The fourth-order valence-electron chi connectivity index (χ4n) is 2.98. The molecule has 164 valence electrons. The van der Waals surface area contributed by atoms with Gasteiger partial charge in [-0.15, -0.1) is 5.10 Å². The molecular weight excluding hydrogens is 406 g/mol. The number of hydrazone groups is 1. The van der Waals surface area contributed by atoms with Crippen molar-refractivity contribution in [3.63, 3.8) is 0 Å². The van der Waals surface area contributed by atoms with Crippen LogP contribution in [0.3, 0.4) is 0 Å². The second-order valence-corrected chi connectivity index (χ2v) is 7.03. The molecule has 1 amide bonds. The van der Waals surface area contributed by atoms with Crippen LogP contribution in [0.5, 0.6) is 0 Å². The number of anilines is 1. The molecule has 2 aromatic carbocycles. The number of nitrogens with two attached hydrogens (primary N) is 3. The summed E-state index contributed by atoms with van der Waals surface area (Å²) in [7, 11) is 0. The van der Waals surface area contributed by atoms with Crippen molar-refractivity contribution < 1.29 is 4.79 Å². The summed E-state index contributed by atoms with van der Waals surface area (Å²) >= 11 is 0. The van der Waals surface area contributed by atoms with Crippen LogP contribution in [0.25, 0.3) is 10.9 Å². The number of aromatic amines is 1. The lowest BCUT2D eigenvalue weighted by molar-refractivity contribution is 0.102. The lowest BCUT2D eigenvalue weighted by Crippen LogP contribution is -2.22. The zero-order valence-corrected chi connectivity index (χ0v) is 17.8. The third-order valence-corrected chi connectivity index (χ3v) is 4.53. The number of aromatic nitrogens is 1. The molecule has 0 bridgehead atoms. The van der Waals surface area contributed by atoms with Crippen molar-refractivity contribution in [3.8, 4) is 0 Å². The Morgan fingerprint density at radius 1 is 1.00 bits per heavy atom. The van der Waals surface area contributed by atoms with Gasteiger partial charge in [0.2, 0.25) is 5.96 Å². The Labute approximate surface area is 185 Å². The number of carbonyl (C=O) groups excluding carboxylic acids is 1. The molecule has 10 nitrogen and oxygen atoms in total. The smallest absolute Gasteiger partial charge is 0.272 e. The van der Waals surface area contributed by atoms with E-state index in [4.69, 9.17) is 17.2 Å². The number of para-hydroxylation sites is 1. The number of rotatable bonds is 7. The van der Waals surface area contributed by atoms with Crippen molar-refractivity contribution in [1.82, 2.24) is 10.4 Å². The molecule has 1 heterocycles. The number of amides is 1. The van der Waals surface area contributed by atoms with Gasteiger partial charge in [-0.1, -0.05) is 36.9 Å². The van der Waals surface area contributed by atoms with Crippen molar-refractivity contribution in [1.29, 1.82) is 0 Å². The number of benzene rings is 2. The van der Waals surface area contributed by atoms with Crippen LogP contribution in [-0.2, 0) is 0 Å². The number of fused-ring (bicyclic) bond motifs is 1. The normalized spacial score (nSPS) is 11.8. The first-order chi connectivity index (χ1) is 15.2. The Bertz CT molecular complexity index is 1250. The van der Waals surface area contributed by atoms with Gasteiger partial charge in [0.15, 0.2) is 0 Å². The van der Waals surface area contributed by atoms with Crippen LogP contribution in [0.1, 0.15) is 35.5 Å². The molecule has 0 spiro atoms. The quantitative estimate of drug-likeness (QED) is 0.191. The van der Waals surface area contributed by atoms with Gasteiger partial charge in [-0.05, 0) is 37.6 Å². The first-order valence-corrected chi connectivity index (χ1v) is 9.66. The summed E-state index contributed by atoms with van der Waals surface area (Å²) < 4.78 is 0. The standard InChI is InChI=1S/C22H25N9O/c1-12(28-30-14(3)23)15-7-9-17(10-8-15)26-21(32)19-11-16-5-4-6-18(20(16)27-19)13(2)29-31-22(24)25/h4-11,27,30H,3,23H2,1-2H3,(H,26,32)(H4,24,25,31)/b28-12-,29-13-. The van der Waals surface area contributed by atoms with Gasteiger partial charge in [0.1, 0.15) is 11.5 Å². The van der Waals surface area contributed by atoms with E-state index >= 15 is 0 Å². The molecule has 3 rings (SSSR count). The number of H-pyrrole nitrogens is 1. The molecular formula is C22H25N9O. The fraction of sp³-hybridized carbons (Fsp3) is 0.0909. The van der Waals surface area contributed by atoms with Crippen molar-refractivity contribution in [3.05, 3.63) is 77.8 Å². The maximum absolute atomic E-state index is 12.8. The minimum Gasteiger partial charge on any atom is -0.385 e. The minimum absolute atomic E-state index is 0.128. The molecule has 0 aliphatic heterocycles. The number of nitrogens with zero attached hydrogens (tertiary/aromatic N) is 3. The Kier molecular flexibility index (Phi) is 6.54. The molecule has 32 heavy (non-hydrogen) atoms. The highest BCUT2D eigenvalue weighted by Gasteiger charge is 2.13. The second-order valence-electron chi connectivity index (χ2n) is 7.03. The highest BCUT2D eigenvalue weighted by Crippen LogP contribution is 2.21. The second kappa shape index (κ2) is 9.47. The highest BCUT2D eigenvalue weighted by atomic mass is 16.1. The predicted octanol–water partition coefficient (Wildman–Crippen LogP) is 2.16. The first kappa shape index (κ1) is 22.1. The lowest BCUT2D eigenvalue weighted by atomic mass is 10.1. The average molecular weight is 432 g/mol. The molecule has 0 aliphatic rings. The van der Waals surface area contributed by atoms with Crippen molar-refractivity contribution in [2.24, 2.45) is 32.5 Å². The monoisotopic (exact) mass is 431 g/mol. The summed E-state index contributed by atoms with van der Waals surface area (Å²) in [4.78, 5) is 15.9. The summed E-state index contributed by atoms with van der Waals surface area (Å²) in [6.45, 7) is 7.15. The van der Waals surface area contributed by atoms with E-state index in [-0.39, 0.29) is 17.7 Å². The molecule has 0 unspecified atom stereocenters. The molecule has 0 radical (unpaired) electrons. The fourth-order valence-corrected chi connectivity index (χ4v) is 2.98. The summed E-state index contributed by atoms with van der Waals surface area (Å²) in [6.07, 6.45) is 0. The van der Waals surface area contributed by atoms with Gasteiger partial charge in [-0.2, -0.15) is 10.2 Å². The number of guanidine groups is 1. The van der Waals surface area contributed by atoms with Gasteiger partial charge >= 0.3 is 0 Å². The highest BCUT2D eigenvalue weighted by molar-refractivity contribution is 6.12. The molecule has 0 aliphatic carbocycles. The maximum Gasteiger partial charge on any atom is 0.272 e. The van der Waals surface area contributed by atoms with Gasteiger partial charge in [-0.25, -0.2) is 0 Å². The third-order valence-electron chi connectivity index (χ3n) is 4.53. The van der Waals surface area contributed by atoms with E-state index in [9.17, 15) is 4.79 Å². The van der Waals surface area contributed by atoms with Gasteiger partial charge in [0.05, 0.1) is 16.9 Å². The Morgan fingerprint density at radius 3 is 2.38 bits per heavy atom. The molecule has 9 N–H and O–H groups in total. The topological polar surface area (TPSA) is 172 Å². The largest absolute Gasteiger partial charge is 0.385 e. The van der Waals surface area contributed by atoms with Crippen LogP contribution in [0.4, 0.5) is 5.69 Å². The Balaban J connectivity index is 1.80. The number of nitrogens with one attached hydrogen (secondary N) is 3. The van der Waals surface area contributed by atoms with Crippen LogP contribution >= 0.6 is 0 Å². The third kappa shape index (κ3) is 5.30. The average Bonchev–Trinajstić information content (AvgIpc) is 3.21. The van der Waals surface area contributed by atoms with Crippen LogP contribution in [0.15, 0.2) is 76.2 Å². The van der Waals surface area contributed by atoms with E-state index in [0.29, 0.717) is 17.1 Å². The lowest BCUT2D eigenvalue weighted by Gasteiger charge is -2.06. The predicted molar refractivity (Wildman–Crippen MR) is 129 cm³/mol. The SMILES string of the molecule is C=C(N)N/N=C(/C)c1ccc(NC(=O)c2cc3cccc(/C(C)=N\N=C(N)N)c3[nH]2)cc1. The number of carbonyl (C=O) groups is 1. The molecule has 0 saturated carbocycles. The molecule has 0 atom stereocenters. The molecule has 10 heteroatoms. The Hall–Kier alpha value is -4.60. The summed E-state index contributed by atoms with van der Waals surface area (Å²) in [5.74, 6) is -0.144. The van der Waals surface area contributed by atoms with Gasteiger partial charge < -0.3 is 27.5 Å². The van der Waals surface area contributed by atoms with Gasteiger partial charge in [-0.3, -0.25) is 10.2 Å². The maximum atomic E-state index is 12.8. The van der Waals surface area contributed by atoms with Crippen LogP contribution in [0, 0.1) is 0 Å². The molecule has 3 aromatic rings. The number of hydrogen-bond donors (Lipinski definition) is 6. The first-order valence-electron chi connectivity index (χ1n) is 9.66. The molecule has 1 aromatic heterocycles. The summed E-state index contributed by atoms with van der Waals surface area (Å²) in [6, 6.07) is 14.7. The Morgan fingerprint density at radius 2 is 1.72 bits per heavy atom. The van der Waals surface area contributed by atoms with E-state index < -0.39 is 0 Å². The van der Waals surface area contributed by atoms with E-state index in [0.717, 1.165) is 27.7 Å². The van der Waals surface area contributed by atoms with E-state index in [2.05, 4.69) is 37.6 Å². The van der Waals surface area contributed by atoms with E-state index in [1.807, 2.05) is 37.3 Å². The summed E-state index contributed by atoms with van der Waals surface area (Å²) in [5.41, 5.74) is 23.6. The van der Waals surface area contributed by atoms with Gasteiger partial charge in [0.25, 0.3) is 5.91 Å². The minimum atomic E-state index is -0.273. The van der Waals surface area contributed by atoms with Crippen molar-refractivity contribution >= 4 is 39.9 Å².